The lowest BCUT2D eigenvalue weighted by molar-refractivity contribution is 0.0487. The Morgan fingerprint density at radius 1 is 0.590 bits per heavy atom. The Kier molecular flexibility index (Phi) is 16.8. The lowest BCUT2D eigenvalue weighted by atomic mass is 9.84. The van der Waals surface area contributed by atoms with Gasteiger partial charge >= 0.3 is 0 Å². The van der Waals surface area contributed by atoms with Crippen LogP contribution in [-0.4, -0.2) is 34.0 Å². The zero-order valence-corrected chi connectivity index (χ0v) is 26.9. The van der Waals surface area contributed by atoms with Gasteiger partial charge in [0.05, 0.1) is 0 Å². The van der Waals surface area contributed by atoms with E-state index in [1.165, 1.54) is 59.1 Å². The van der Waals surface area contributed by atoms with Gasteiger partial charge in [0.25, 0.3) is 0 Å². The van der Waals surface area contributed by atoms with Gasteiger partial charge in [0.2, 0.25) is 0 Å². The van der Waals surface area contributed by atoms with Gasteiger partial charge in [0.1, 0.15) is 11.5 Å². The summed E-state index contributed by atoms with van der Waals surface area (Å²) in [6.45, 7) is 9.52. The summed E-state index contributed by atoms with van der Waals surface area (Å²) < 4.78 is 23.6. The molecule has 2 aromatic carbocycles. The molecule has 0 spiro atoms. The molecule has 39 heavy (non-hydrogen) atoms. The zero-order valence-electron chi connectivity index (χ0n) is 25.7. The summed E-state index contributed by atoms with van der Waals surface area (Å²) in [5.74, 6) is 2.10. The highest BCUT2D eigenvalue weighted by Crippen LogP contribution is 2.43. The molecule has 1 atom stereocenters. The van der Waals surface area contributed by atoms with Crippen LogP contribution in [0.5, 0.6) is 11.5 Å². The van der Waals surface area contributed by atoms with E-state index in [9.17, 15) is 0 Å². The molecular formula is C34H55O4P. The Morgan fingerprint density at radius 3 is 1.31 bits per heavy atom. The Balaban J connectivity index is 2.81. The van der Waals surface area contributed by atoms with Crippen LogP contribution >= 0.6 is 9.24 Å². The quantitative estimate of drug-likeness (QED) is 0.113. The normalized spacial score (nSPS) is 11.4. The van der Waals surface area contributed by atoms with Gasteiger partial charge in [0, 0.05) is 31.3 Å². The summed E-state index contributed by atoms with van der Waals surface area (Å²) in [7, 11) is 6.41. The standard InChI is InChI=1S/C34H55O4P/c1-7-11-15-26-19-28(17-13-9-3)33(37-24-35-5)30(21-26)32(23-39)31-22-27(16-12-8-2)20-29(18-14-10-4)34(31)38-25-36-6/h19-22,32H,7-18,23-25,39H2,1-6H3. The molecule has 0 aromatic heterocycles. The first-order valence-electron chi connectivity index (χ1n) is 15.3. The van der Waals surface area contributed by atoms with Gasteiger partial charge in [-0.15, -0.1) is 9.24 Å². The summed E-state index contributed by atoms with van der Waals surface area (Å²) in [5, 5.41) is 0. The van der Waals surface area contributed by atoms with E-state index in [0.717, 1.165) is 69.0 Å². The molecule has 0 saturated heterocycles. The Labute approximate surface area is 241 Å². The number of hydrogen-bond acceptors (Lipinski definition) is 4. The molecule has 0 amide bonds. The lowest BCUT2D eigenvalue weighted by Crippen LogP contribution is -2.14. The van der Waals surface area contributed by atoms with E-state index in [0.29, 0.717) is 0 Å². The maximum atomic E-state index is 6.39. The molecule has 220 valence electrons. The van der Waals surface area contributed by atoms with Gasteiger partial charge < -0.3 is 18.9 Å². The van der Waals surface area contributed by atoms with Crippen LogP contribution in [0.2, 0.25) is 0 Å². The average Bonchev–Trinajstić information content (AvgIpc) is 2.95. The summed E-state index contributed by atoms with van der Waals surface area (Å²) >= 11 is 0. The largest absolute Gasteiger partial charge is 0.467 e. The second-order valence-corrected chi connectivity index (χ2v) is 11.1. The molecule has 0 aliphatic rings. The van der Waals surface area contributed by atoms with Crippen LogP contribution in [0.3, 0.4) is 0 Å². The highest BCUT2D eigenvalue weighted by molar-refractivity contribution is 7.16. The van der Waals surface area contributed by atoms with Crippen LogP contribution in [0.25, 0.3) is 0 Å². The topological polar surface area (TPSA) is 36.9 Å². The minimum absolute atomic E-state index is 0.123. The molecular weight excluding hydrogens is 503 g/mol. The third-order valence-corrected chi connectivity index (χ3v) is 7.85. The van der Waals surface area contributed by atoms with Gasteiger partial charge in [0.15, 0.2) is 13.6 Å². The van der Waals surface area contributed by atoms with Gasteiger partial charge in [-0.2, -0.15) is 0 Å². The number of rotatable bonds is 21. The molecule has 0 radical (unpaired) electrons. The maximum absolute atomic E-state index is 6.39. The van der Waals surface area contributed by atoms with E-state index in [1.54, 1.807) is 14.2 Å². The molecule has 0 aliphatic heterocycles. The Hall–Kier alpha value is -1.61. The van der Waals surface area contributed by atoms with Gasteiger partial charge in [-0.3, -0.25) is 0 Å². The van der Waals surface area contributed by atoms with Crippen LogP contribution < -0.4 is 9.47 Å². The van der Waals surface area contributed by atoms with Crippen molar-refractivity contribution in [1.29, 1.82) is 0 Å². The summed E-state index contributed by atoms with van der Waals surface area (Å²) in [6, 6.07) is 9.56. The van der Waals surface area contributed by atoms with Crippen LogP contribution in [0.4, 0.5) is 0 Å². The van der Waals surface area contributed by atoms with Crippen molar-refractivity contribution in [2.45, 2.75) is 111 Å². The van der Waals surface area contributed by atoms with Crippen LogP contribution in [0.1, 0.15) is 118 Å². The van der Waals surface area contributed by atoms with E-state index >= 15 is 0 Å². The predicted octanol–water partition coefficient (Wildman–Crippen LogP) is 9.03. The van der Waals surface area contributed by atoms with Crippen LogP contribution in [0, 0.1) is 0 Å². The molecule has 0 bridgehead atoms. The Bertz CT molecular complexity index is 883. The molecule has 4 nitrogen and oxygen atoms in total. The van der Waals surface area contributed by atoms with Crippen molar-refractivity contribution in [3.63, 3.8) is 0 Å². The number of aryl methyl sites for hydroxylation is 4. The van der Waals surface area contributed by atoms with Crippen LogP contribution in [-0.2, 0) is 35.2 Å². The van der Waals surface area contributed by atoms with E-state index < -0.39 is 0 Å². The number of ether oxygens (including phenoxy) is 4. The van der Waals surface area contributed by atoms with Crippen LogP contribution in [0.15, 0.2) is 24.3 Å². The van der Waals surface area contributed by atoms with Gasteiger partial charge in [-0.05, 0) is 79.8 Å². The third kappa shape index (κ3) is 10.4. The molecule has 2 aromatic rings. The summed E-state index contributed by atoms with van der Waals surface area (Å²) in [6.07, 6.45) is 14.4. The SMILES string of the molecule is CCCCc1cc(CCCC)c(OCOC)c(C(CP)c2cc(CCCC)cc(CCCC)c2OCOC)c1. The molecule has 0 aliphatic carbocycles. The minimum atomic E-state index is 0.123. The first kappa shape index (κ1) is 33.6. The molecule has 0 saturated carbocycles. The molecule has 0 heterocycles. The van der Waals surface area contributed by atoms with Crippen molar-refractivity contribution in [3.05, 3.63) is 57.6 Å². The van der Waals surface area contributed by atoms with Gasteiger partial charge in [-0.1, -0.05) is 77.6 Å². The average molecular weight is 559 g/mol. The number of unbranched alkanes of at least 4 members (excludes halogenated alkanes) is 4. The molecule has 5 heteroatoms. The fraction of sp³-hybridized carbons (Fsp3) is 0.647. The molecule has 2 rings (SSSR count). The number of benzene rings is 2. The van der Waals surface area contributed by atoms with Gasteiger partial charge in [-0.25, -0.2) is 0 Å². The fourth-order valence-electron chi connectivity index (χ4n) is 5.25. The second kappa shape index (κ2) is 19.5. The Morgan fingerprint density at radius 2 is 0.974 bits per heavy atom. The van der Waals surface area contributed by atoms with E-state index in [2.05, 4.69) is 61.2 Å². The molecule has 0 fully saturated rings. The van der Waals surface area contributed by atoms with Crippen molar-refractivity contribution in [2.75, 3.05) is 34.0 Å². The molecule has 1 unspecified atom stereocenters. The first-order chi connectivity index (χ1) is 19.1. The minimum Gasteiger partial charge on any atom is -0.467 e. The highest BCUT2D eigenvalue weighted by atomic mass is 31.0. The fourth-order valence-corrected chi connectivity index (χ4v) is 5.75. The number of hydrogen-bond donors (Lipinski definition) is 0. The smallest absolute Gasteiger partial charge is 0.188 e. The lowest BCUT2D eigenvalue weighted by Gasteiger charge is -2.27. The van der Waals surface area contributed by atoms with E-state index in [1.807, 2.05) is 0 Å². The van der Waals surface area contributed by atoms with Crippen molar-refractivity contribution in [2.24, 2.45) is 0 Å². The van der Waals surface area contributed by atoms with Crippen molar-refractivity contribution in [3.8, 4) is 11.5 Å². The maximum Gasteiger partial charge on any atom is 0.188 e. The summed E-state index contributed by atoms with van der Waals surface area (Å²) in [5.41, 5.74) is 7.90. The van der Waals surface area contributed by atoms with Crippen molar-refractivity contribution < 1.29 is 18.9 Å². The number of methoxy groups -OCH3 is 2. The molecule has 0 N–H and O–H groups in total. The summed E-state index contributed by atoms with van der Waals surface area (Å²) in [4.78, 5) is 0. The highest BCUT2D eigenvalue weighted by Gasteiger charge is 2.26. The van der Waals surface area contributed by atoms with E-state index in [4.69, 9.17) is 18.9 Å². The predicted molar refractivity (Wildman–Crippen MR) is 169 cm³/mol. The first-order valence-corrected chi connectivity index (χ1v) is 16.1. The monoisotopic (exact) mass is 558 g/mol. The van der Waals surface area contributed by atoms with Crippen molar-refractivity contribution in [1.82, 2.24) is 0 Å². The van der Waals surface area contributed by atoms with Crippen molar-refractivity contribution >= 4 is 9.24 Å². The van der Waals surface area contributed by atoms with E-state index in [-0.39, 0.29) is 19.5 Å². The second-order valence-electron chi connectivity index (χ2n) is 10.7. The zero-order chi connectivity index (χ0) is 28.5. The third-order valence-electron chi connectivity index (χ3n) is 7.37.